The lowest BCUT2D eigenvalue weighted by Gasteiger charge is -2.24. The summed E-state index contributed by atoms with van der Waals surface area (Å²) in [6.07, 6.45) is 1.19. The smallest absolute Gasteiger partial charge is 0.251 e. The van der Waals surface area contributed by atoms with E-state index in [-0.39, 0.29) is 5.91 Å². The number of nitrogens with one attached hydrogen (secondary N) is 1. The molecule has 1 aromatic carbocycles. The van der Waals surface area contributed by atoms with Gasteiger partial charge >= 0.3 is 0 Å². The van der Waals surface area contributed by atoms with Gasteiger partial charge < -0.3 is 16.0 Å². The zero-order valence-corrected chi connectivity index (χ0v) is 11.1. The van der Waals surface area contributed by atoms with Crippen molar-refractivity contribution in [2.24, 2.45) is 0 Å². The summed E-state index contributed by atoms with van der Waals surface area (Å²) in [7, 11) is 0. The summed E-state index contributed by atoms with van der Waals surface area (Å²) in [6.45, 7) is 2.72. The first-order valence-corrected chi connectivity index (χ1v) is 7.44. The van der Waals surface area contributed by atoms with E-state index in [0.29, 0.717) is 6.54 Å². The Morgan fingerprint density at radius 2 is 2.17 bits per heavy atom. The number of nitrogens with zero attached hydrogens (tertiary/aromatic N) is 1. The predicted molar refractivity (Wildman–Crippen MR) is 76.2 cm³/mol. The monoisotopic (exact) mass is 263 g/mol. The number of fused-ring (bicyclic) bond motifs is 1. The number of nitrogen functional groups attached to an aromatic ring is 1. The fourth-order valence-corrected chi connectivity index (χ4v) is 3.42. The number of nitrogens with two attached hydrogens (primary N) is 1. The molecule has 3 N–H and O–H groups in total. The zero-order chi connectivity index (χ0) is 12.5. The summed E-state index contributed by atoms with van der Waals surface area (Å²) >= 11 is 2.00. The molecule has 0 atom stereocenters. The first-order chi connectivity index (χ1) is 8.75. The molecule has 1 aromatic rings. The largest absolute Gasteiger partial charge is 0.397 e. The first kappa shape index (κ1) is 11.7. The van der Waals surface area contributed by atoms with Crippen molar-refractivity contribution in [1.82, 2.24) is 5.32 Å². The number of hydrogen-bond donors (Lipinski definition) is 2. The van der Waals surface area contributed by atoms with E-state index >= 15 is 0 Å². The van der Waals surface area contributed by atoms with E-state index in [9.17, 15) is 4.79 Å². The Bertz CT molecular complexity index is 481. The second-order valence-corrected chi connectivity index (χ2v) is 5.93. The quantitative estimate of drug-likeness (QED) is 0.753. The lowest BCUT2D eigenvalue weighted by Crippen LogP contribution is -2.26. The van der Waals surface area contributed by atoms with E-state index < -0.39 is 0 Å². The highest BCUT2D eigenvalue weighted by Gasteiger charge is 2.22. The summed E-state index contributed by atoms with van der Waals surface area (Å²) in [4.78, 5) is 13.9. The van der Waals surface area contributed by atoms with Gasteiger partial charge in [-0.2, -0.15) is 11.8 Å². The number of hydrogen-bond acceptors (Lipinski definition) is 4. The number of carbonyl (C=O) groups excluding carboxylic acids is 1. The molecule has 0 aliphatic carbocycles. The average molecular weight is 263 g/mol. The van der Waals surface area contributed by atoms with Crippen LogP contribution in [-0.2, 0) is 6.54 Å². The molecule has 0 radical (unpaired) electrons. The van der Waals surface area contributed by atoms with Crippen molar-refractivity contribution in [1.29, 1.82) is 0 Å². The van der Waals surface area contributed by atoms with Crippen molar-refractivity contribution in [3.63, 3.8) is 0 Å². The van der Waals surface area contributed by atoms with Crippen LogP contribution in [0.25, 0.3) is 0 Å². The molecule has 1 fully saturated rings. The molecule has 3 rings (SSSR count). The highest BCUT2D eigenvalue weighted by atomic mass is 32.2. The van der Waals surface area contributed by atoms with Gasteiger partial charge in [-0.1, -0.05) is 0 Å². The van der Waals surface area contributed by atoms with Crippen molar-refractivity contribution >= 4 is 29.0 Å². The van der Waals surface area contributed by atoms with Gasteiger partial charge in [-0.15, -0.1) is 0 Å². The Morgan fingerprint density at radius 3 is 3.06 bits per heavy atom. The van der Waals surface area contributed by atoms with Crippen molar-refractivity contribution in [3.8, 4) is 0 Å². The summed E-state index contributed by atoms with van der Waals surface area (Å²) in [5.74, 6) is 2.37. The molecular formula is C13H17N3OS. The molecule has 4 nitrogen and oxygen atoms in total. The van der Waals surface area contributed by atoms with Crippen molar-refractivity contribution in [3.05, 3.63) is 23.3 Å². The van der Waals surface area contributed by atoms with Gasteiger partial charge in [-0.3, -0.25) is 4.79 Å². The Balaban J connectivity index is 1.94. The van der Waals surface area contributed by atoms with Crippen molar-refractivity contribution in [2.75, 3.05) is 35.2 Å². The lowest BCUT2D eigenvalue weighted by molar-refractivity contribution is 0.0966. The average Bonchev–Trinajstić information content (AvgIpc) is 2.59. The SMILES string of the molecule is Nc1cc2c(cc1N1CCCSCC1)CNC2=O. The second kappa shape index (κ2) is 4.72. The van der Waals surface area contributed by atoms with Gasteiger partial charge in [0.2, 0.25) is 0 Å². The van der Waals surface area contributed by atoms with Gasteiger partial charge in [-0.05, 0) is 29.9 Å². The van der Waals surface area contributed by atoms with E-state index in [1.165, 1.54) is 12.2 Å². The lowest BCUT2D eigenvalue weighted by atomic mass is 10.1. The Kier molecular flexibility index (Phi) is 3.07. The summed E-state index contributed by atoms with van der Waals surface area (Å²) in [5.41, 5.74) is 9.73. The number of amides is 1. The maximum absolute atomic E-state index is 11.6. The fourth-order valence-electron chi connectivity index (χ4n) is 2.54. The van der Waals surface area contributed by atoms with E-state index in [2.05, 4.69) is 16.3 Å². The van der Waals surface area contributed by atoms with Crippen molar-refractivity contribution in [2.45, 2.75) is 13.0 Å². The third-order valence-electron chi connectivity index (χ3n) is 3.50. The summed E-state index contributed by atoms with van der Waals surface area (Å²) < 4.78 is 0. The second-order valence-electron chi connectivity index (χ2n) is 4.70. The van der Waals surface area contributed by atoms with Crippen molar-refractivity contribution < 1.29 is 4.79 Å². The number of thioether (sulfide) groups is 1. The minimum Gasteiger partial charge on any atom is -0.397 e. The maximum Gasteiger partial charge on any atom is 0.251 e. The third kappa shape index (κ3) is 2.03. The van der Waals surface area contributed by atoms with Gasteiger partial charge in [0.1, 0.15) is 0 Å². The number of benzene rings is 1. The first-order valence-electron chi connectivity index (χ1n) is 6.29. The van der Waals surface area contributed by atoms with E-state index in [1.807, 2.05) is 17.8 Å². The topological polar surface area (TPSA) is 58.4 Å². The Hall–Kier alpha value is -1.36. The van der Waals surface area contributed by atoms with Crippen LogP contribution in [0.3, 0.4) is 0 Å². The number of carbonyl (C=O) groups is 1. The molecule has 2 aliphatic heterocycles. The van der Waals surface area contributed by atoms with E-state index in [1.54, 1.807) is 0 Å². The predicted octanol–water partition coefficient (Wildman–Crippen LogP) is 1.46. The number of anilines is 2. The van der Waals surface area contributed by atoms with Crippen LogP contribution in [0.1, 0.15) is 22.3 Å². The van der Waals surface area contributed by atoms with Crippen LogP contribution >= 0.6 is 11.8 Å². The molecule has 0 spiro atoms. The molecule has 0 saturated carbocycles. The minimum atomic E-state index is -0.00493. The summed E-state index contributed by atoms with van der Waals surface area (Å²) in [6, 6.07) is 3.91. The normalized spacial score (nSPS) is 19.3. The standard InChI is InChI=1S/C13H17N3OS/c14-11-7-10-9(8-15-13(10)17)6-12(11)16-2-1-4-18-5-3-16/h6-7H,1-5,8,14H2,(H,15,17). The van der Waals surface area contributed by atoms with E-state index in [4.69, 9.17) is 5.73 Å². The van der Waals surface area contributed by atoms with Crippen LogP contribution in [0.5, 0.6) is 0 Å². The summed E-state index contributed by atoms with van der Waals surface area (Å²) in [5, 5.41) is 2.84. The minimum absolute atomic E-state index is 0.00493. The van der Waals surface area contributed by atoms with Gasteiger partial charge in [0.15, 0.2) is 0 Å². The van der Waals surface area contributed by atoms with Gasteiger partial charge in [0, 0.05) is 31.0 Å². The van der Waals surface area contributed by atoms with E-state index in [0.717, 1.165) is 41.3 Å². The third-order valence-corrected chi connectivity index (χ3v) is 4.55. The molecule has 5 heteroatoms. The molecule has 1 amide bonds. The Labute approximate surface area is 111 Å². The Morgan fingerprint density at radius 1 is 1.28 bits per heavy atom. The van der Waals surface area contributed by atoms with Crippen LogP contribution in [0, 0.1) is 0 Å². The molecule has 1 saturated heterocycles. The zero-order valence-electron chi connectivity index (χ0n) is 10.2. The molecule has 2 heterocycles. The van der Waals surface area contributed by atoms with Crippen LogP contribution in [0.2, 0.25) is 0 Å². The van der Waals surface area contributed by atoms with Crippen LogP contribution in [0.15, 0.2) is 12.1 Å². The molecular weight excluding hydrogens is 246 g/mol. The van der Waals surface area contributed by atoms with Crippen LogP contribution < -0.4 is 16.0 Å². The van der Waals surface area contributed by atoms with Gasteiger partial charge in [0.25, 0.3) is 5.91 Å². The highest BCUT2D eigenvalue weighted by Crippen LogP contribution is 2.30. The molecule has 0 bridgehead atoms. The van der Waals surface area contributed by atoms with Gasteiger partial charge in [0.05, 0.1) is 11.4 Å². The highest BCUT2D eigenvalue weighted by molar-refractivity contribution is 7.99. The fraction of sp³-hybridized carbons (Fsp3) is 0.462. The molecule has 18 heavy (non-hydrogen) atoms. The van der Waals surface area contributed by atoms with Crippen LogP contribution in [-0.4, -0.2) is 30.5 Å². The molecule has 2 aliphatic rings. The molecule has 0 unspecified atom stereocenters. The maximum atomic E-state index is 11.6. The van der Waals surface area contributed by atoms with Gasteiger partial charge in [-0.25, -0.2) is 0 Å². The molecule has 96 valence electrons. The van der Waals surface area contributed by atoms with Crippen LogP contribution in [0.4, 0.5) is 11.4 Å². The number of rotatable bonds is 1. The molecule has 0 aromatic heterocycles.